The molecule has 2 N–H and O–H groups in total. The van der Waals surface area contributed by atoms with Crippen molar-refractivity contribution in [3.63, 3.8) is 0 Å². The van der Waals surface area contributed by atoms with Crippen LogP contribution in [0.25, 0.3) is 11.5 Å². The molecule has 1 aromatic carbocycles. The Morgan fingerprint density at radius 1 is 1.19 bits per heavy atom. The van der Waals surface area contributed by atoms with E-state index in [1.54, 1.807) is 18.2 Å². The van der Waals surface area contributed by atoms with Crippen molar-refractivity contribution < 1.29 is 13.9 Å². The minimum Gasteiger partial charge on any atom is -0.494 e. The number of H-pyrrole nitrogens is 1. The monoisotopic (exact) mass is 352 g/mol. The lowest BCUT2D eigenvalue weighted by atomic mass is 10.2. The van der Waals surface area contributed by atoms with Gasteiger partial charge in [0.2, 0.25) is 0 Å². The van der Waals surface area contributed by atoms with Crippen molar-refractivity contribution >= 4 is 5.91 Å². The average molecular weight is 352 g/mol. The highest BCUT2D eigenvalue weighted by atomic mass is 16.5. The van der Waals surface area contributed by atoms with Crippen LogP contribution in [0.5, 0.6) is 5.75 Å². The van der Waals surface area contributed by atoms with Crippen LogP contribution in [0.3, 0.4) is 0 Å². The van der Waals surface area contributed by atoms with Crippen LogP contribution in [0.4, 0.5) is 0 Å². The first-order chi connectivity index (χ1) is 12.6. The number of benzene rings is 1. The quantitative estimate of drug-likeness (QED) is 0.640. The minimum atomic E-state index is -0.451. The zero-order valence-corrected chi connectivity index (χ0v) is 14.5. The number of hydrogen-bond donors (Lipinski definition) is 2. The maximum Gasteiger partial charge on any atom is 0.261 e. The van der Waals surface area contributed by atoms with Crippen LogP contribution in [0, 0.1) is 6.92 Å². The number of ether oxygens (including phenoxy) is 1. The van der Waals surface area contributed by atoms with Crippen LogP contribution < -0.4 is 15.6 Å². The van der Waals surface area contributed by atoms with Crippen molar-refractivity contribution in [1.29, 1.82) is 0 Å². The molecule has 0 saturated carbocycles. The smallest absolute Gasteiger partial charge is 0.261 e. The summed E-state index contributed by atoms with van der Waals surface area (Å²) in [6.45, 7) is 2.91. The molecule has 3 rings (SSSR count). The highest BCUT2D eigenvalue weighted by molar-refractivity contribution is 5.93. The summed E-state index contributed by atoms with van der Waals surface area (Å²) < 4.78 is 10.9. The molecule has 0 bridgehead atoms. The molecule has 0 atom stereocenters. The number of aromatic nitrogens is 1. The molecule has 6 heteroatoms. The van der Waals surface area contributed by atoms with Crippen LogP contribution in [0.15, 0.2) is 64.0 Å². The molecular formula is C20H20N2O4. The summed E-state index contributed by atoms with van der Waals surface area (Å²) in [5.41, 5.74) is 1.28. The Kier molecular flexibility index (Phi) is 5.53. The number of furan rings is 1. The lowest BCUT2D eigenvalue weighted by Gasteiger charge is -2.08. The van der Waals surface area contributed by atoms with E-state index in [9.17, 15) is 9.59 Å². The van der Waals surface area contributed by atoms with Crippen molar-refractivity contribution in [3.05, 3.63) is 76.3 Å². The summed E-state index contributed by atoms with van der Waals surface area (Å²) in [5, 5.41) is 2.73. The van der Waals surface area contributed by atoms with Crippen LogP contribution in [-0.4, -0.2) is 24.0 Å². The zero-order chi connectivity index (χ0) is 18.4. The molecule has 134 valence electrons. The van der Waals surface area contributed by atoms with Gasteiger partial charge >= 0.3 is 0 Å². The predicted molar refractivity (Wildman–Crippen MR) is 98.4 cm³/mol. The van der Waals surface area contributed by atoms with E-state index in [2.05, 4.69) is 10.3 Å². The van der Waals surface area contributed by atoms with E-state index in [1.165, 1.54) is 12.3 Å². The number of carbonyl (C=O) groups excluding carboxylic acids is 1. The van der Waals surface area contributed by atoms with Gasteiger partial charge in [0.15, 0.2) is 0 Å². The fraction of sp³-hybridized carbons (Fsp3) is 0.200. The third-order valence-electron chi connectivity index (χ3n) is 3.81. The molecule has 0 radical (unpaired) electrons. The third kappa shape index (κ3) is 4.42. The number of aromatic amines is 1. The highest BCUT2D eigenvalue weighted by Gasteiger charge is 2.11. The first-order valence-electron chi connectivity index (χ1n) is 8.38. The first kappa shape index (κ1) is 17.5. The number of amides is 1. The molecule has 2 aromatic heterocycles. The van der Waals surface area contributed by atoms with Crippen LogP contribution in [0.1, 0.15) is 22.3 Å². The number of nitrogens with one attached hydrogen (secondary N) is 2. The van der Waals surface area contributed by atoms with E-state index >= 15 is 0 Å². The second-order valence-corrected chi connectivity index (χ2v) is 5.87. The molecule has 26 heavy (non-hydrogen) atoms. The Labute approximate surface area is 150 Å². The predicted octanol–water partition coefficient (Wildman–Crippen LogP) is 3.14. The van der Waals surface area contributed by atoms with Crippen molar-refractivity contribution in [2.45, 2.75) is 13.3 Å². The first-order valence-corrected chi connectivity index (χ1v) is 8.38. The number of carbonyl (C=O) groups is 1. The molecule has 0 fully saturated rings. The Hall–Kier alpha value is -3.28. The van der Waals surface area contributed by atoms with Gasteiger partial charge in [0.25, 0.3) is 11.5 Å². The van der Waals surface area contributed by atoms with Gasteiger partial charge in [0, 0.05) is 6.54 Å². The normalized spacial score (nSPS) is 10.5. The molecule has 6 nitrogen and oxygen atoms in total. The second-order valence-electron chi connectivity index (χ2n) is 5.87. The average Bonchev–Trinajstić information content (AvgIpc) is 3.16. The molecule has 0 aliphatic rings. The molecule has 2 heterocycles. The molecule has 3 aromatic rings. The second kappa shape index (κ2) is 8.20. The fourth-order valence-electron chi connectivity index (χ4n) is 2.49. The lowest BCUT2D eigenvalue weighted by Crippen LogP contribution is -2.30. The van der Waals surface area contributed by atoms with Gasteiger partial charge in [-0.1, -0.05) is 12.1 Å². The largest absolute Gasteiger partial charge is 0.494 e. The van der Waals surface area contributed by atoms with Crippen LogP contribution >= 0.6 is 0 Å². The standard InChI is InChI=1S/C20H20N2O4/c1-14-5-2-6-15(13-14)25-12-4-10-21-19(23)16-8-9-17(22-20(16)24)18-7-3-11-26-18/h2-3,5-9,11,13H,4,10,12H2,1H3,(H,21,23)(H,22,24). The van der Waals surface area contributed by atoms with Gasteiger partial charge in [-0.2, -0.15) is 0 Å². The Morgan fingerprint density at radius 2 is 2.08 bits per heavy atom. The topological polar surface area (TPSA) is 84.3 Å². The summed E-state index contributed by atoms with van der Waals surface area (Å²) in [5.74, 6) is 0.941. The van der Waals surface area contributed by atoms with E-state index in [-0.39, 0.29) is 5.56 Å². The molecule has 0 saturated heterocycles. The third-order valence-corrected chi connectivity index (χ3v) is 3.81. The van der Waals surface area contributed by atoms with Gasteiger partial charge in [-0.3, -0.25) is 9.59 Å². The Morgan fingerprint density at radius 3 is 2.81 bits per heavy atom. The van der Waals surface area contributed by atoms with Crippen LogP contribution in [0.2, 0.25) is 0 Å². The summed E-state index contributed by atoms with van der Waals surface area (Å²) in [6.07, 6.45) is 2.16. The van der Waals surface area contributed by atoms with E-state index in [0.717, 1.165) is 11.3 Å². The number of hydrogen-bond acceptors (Lipinski definition) is 4. The van der Waals surface area contributed by atoms with E-state index < -0.39 is 11.5 Å². The van der Waals surface area contributed by atoms with Crippen LogP contribution in [-0.2, 0) is 0 Å². The number of rotatable bonds is 7. The summed E-state index contributed by atoms with van der Waals surface area (Å²) in [6, 6.07) is 14.4. The maximum atomic E-state index is 12.1. The van der Waals surface area contributed by atoms with Gasteiger partial charge in [0.1, 0.15) is 17.1 Å². The highest BCUT2D eigenvalue weighted by Crippen LogP contribution is 2.15. The maximum absolute atomic E-state index is 12.1. The number of aryl methyl sites for hydroxylation is 1. The lowest BCUT2D eigenvalue weighted by molar-refractivity contribution is 0.0950. The number of pyridine rings is 1. The summed E-state index contributed by atoms with van der Waals surface area (Å²) >= 11 is 0. The van der Waals surface area contributed by atoms with E-state index in [0.29, 0.717) is 31.0 Å². The molecule has 1 amide bonds. The Bertz CT molecular complexity index is 929. The molecule has 0 unspecified atom stereocenters. The van der Waals surface area contributed by atoms with Crippen molar-refractivity contribution in [2.24, 2.45) is 0 Å². The van der Waals surface area contributed by atoms with E-state index in [1.807, 2.05) is 31.2 Å². The van der Waals surface area contributed by atoms with Gasteiger partial charge in [-0.05, 0) is 55.3 Å². The SMILES string of the molecule is Cc1cccc(OCCCNC(=O)c2ccc(-c3ccco3)[nH]c2=O)c1. The van der Waals surface area contributed by atoms with Gasteiger partial charge in [-0.25, -0.2) is 0 Å². The fourth-order valence-corrected chi connectivity index (χ4v) is 2.49. The molecule has 0 spiro atoms. The Balaban J connectivity index is 1.48. The molecule has 0 aliphatic carbocycles. The zero-order valence-electron chi connectivity index (χ0n) is 14.5. The van der Waals surface area contributed by atoms with Gasteiger partial charge < -0.3 is 19.5 Å². The summed E-state index contributed by atoms with van der Waals surface area (Å²) in [4.78, 5) is 26.9. The van der Waals surface area contributed by atoms with Crippen molar-refractivity contribution in [1.82, 2.24) is 10.3 Å². The van der Waals surface area contributed by atoms with Gasteiger partial charge in [0.05, 0.1) is 18.6 Å². The van der Waals surface area contributed by atoms with Gasteiger partial charge in [-0.15, -0.1) is 0 Å². The minimum absolute atomic E-state index is 0.0694. The molecular weight excluding hydrogens is 332 g/mol. The van der Waals surface area contributed by atoms with E-state index in [4.69, 9.17) is 9.15 Å². The summed E-state index contributed by atoms with van der Waals surface area (Å²) in [7, 11) is 0. The van der Waals surface area contributed by atoms with Crippen molar-refractivity contribution in [2.75, 3.05) is 13.2 Å². The van der Waals surface area contributed by atoms with Crippen molar-refractivity contribution in [3.8, 4) is 17.2 Å². The molecule has 0 aliphatic heterocycles.